The molecule has 2 aliphatic heterocycles. The summed E-state index contributed by atoms with van der Waals surface area (Å²) in [7, 11) is 0. The number of thioether (sulfide) groups is 1. The first-order valence-electron chi connectivity index (χ1n) is 11.1. The Hall–Kier alpha value is -2.82. The number of likely N-dealkylation sites (tertiary alicyclic amines) is 1. The van der Waals surface area contributed by atoms with Crippen LogP contribution in [0.2, 0.25) is 0 Å². The number of pyridine rings is 1. The predicted octanol–water partition coefficient (Wildman–Crippen LogP) is 2.09. The van der Waals surface area contributed by atoms with E-state index < -0.39 is 0 Å². The summed E-state index contributed by atoms with van der Waals surface area (Å²) in [6.45, 7) is 4.66. The molecule has 0 aliphatic carbocycles. The van der Waals surface area contributed by atoms with E-state index in [1.807, 2.05) is 6.07 Å². The molecule has 1 aromatic carbocycles. The summed E-state index contributed by atoms with van der Waals surface area (Å²) in [5.74, 6) is 0.538. The van der Waals surface area contributed by atoms with Gasteiger partial charge in [-0.3, -0.25) is 9.59 Å². The number of nitrogens with zero attached hydrogens (tertiary/aromatic N) is 4. The van der Waals surface area contributed by atoms with E-state index in [1.54, 1.807) is 22.8 Å². The molecule has 1 amide bonds. The molecule has 10 heteroatoms. The summed E-state index contributed by atoms with van der Waals surface area (Å²) >= 11 is 1.40. The number of hydrogen-bond donors (Lipinski definition) is 2. The molecule has 0 radical (unpaired) electrons. The van der Waals surface area contributed by atoms with Gasteiger partial charge in [0.25, 0.3) is 5.56 Å². The fourth-order valence-electron chi connectivity index (χ4n) is 4.44. The molecule has 1 saturated heterocycles. The summed E-state index contributed by atoms with van der Waals surface area (Å²) in [6, 6.07) is 9.72. The van der Waals surface area contributed by atoms with Crippen LogP contribution < -0.4 is 16.2 Å². The third-order valence-electron chi connectivity index (χ3n) is 6.13. The average molecular weight is 469 g/mol. The van der Waals surface area contributed by atoms with Crippen LogP contribution in [-0.4, -0.2) is 57.5 Å². The van der Waals surface area contributed by atoms with E-state index in [0.717, 1.165) is 54.4 Å². The number of hydrogen-bond acceptors (Lipinski definition) is 7. The molecule has 172 valence electrons. The van der Waals surface area contributed by atoms with E-state index >= 15 is 0 Å². The van der Waals surface area contributed by atoms with Gasteiger partial charge in [0, 0.05) is 32.2 Å². The molecule has 4 heterocycles. The Morgan fingerprint density at radius 3 is 2.94 bits per heavy atom. The van der Waals surface area contributed by atoms with Crippen LogP contribution in [0.15, 0.2) is 46.2 Å². The highest BCUT2D eigenvalue weighted by molar-refractivity contribution is 8.00. The number of rotatable bonds is 7. The molecule has 0 saturated carbocycles. The molecule has 0 spiro atoms. The minimum atomic E-state index is -0.334. The Morgan fingerprint density at radius 1 is 1.15 bits per heavy atom. The topological polar surface area (TPSA) is 92.2 Å². The average Bonchev–Trinajstić information content (AvgIpc) is 3.26. The van der Waals surface area contributed by atoms with E-state index in [1.165, 1.54) is 23.9 Å². The van der Waals surface area contributed by atoms with Crippen LogP contribution in [0.5, 0.6) is 0 Å². The fraction of sp³-hybridized carbons (Fsp3) is 0.391. The number of nitrogens with one attached hydrogen (secondary N) is 2. The van der Waals surface area contributed by atoms with Gasteiger partial charge in [-0.05, 0) is 61.1 Å². The molecular weight excluding hydrogens is 443 g/mol. The Balaban J connectivity index is 1.12. The lowest BCUT2D eigenvalue weighted by atomic mass is 10.1. The number of amides is 1. The van der Waals surface area contributed by atoms with E-state index in [4.69, 9.17) is 0 Å². The summed E-state index contributed by atoms with van der Waals surface area (Å²) in [6.07, 6.45) is 1.08. The highest BCUT2D eigenvalue weighted by Crippen LogP contribution is 2.28. The molecule has 2 aromatic heterocycles. The first kappa shape index (κ1) is 22.0. The van der Waals surface area contributed by atoms with Crippen molar-refractivity contribution in [2.75, 3.05) is 37.2 Å². The summed E-state index contributed by atoms with van der Waals surface area (Å²) in [5, 5.41) is 16.4. The molecule has 0 bridgehead atoms. The van der Waals surface area contributed by atoms with Gasteiger partial charge in [0.1, 0.15) is 10.8 Å². The van der Waals surface area contributed by atoms with Crippen molar-refractivity contribution in [3.8, 4) is 0 Å². The number of fused-ring (bicyclic) bond motifs is 2. The van der Waals surface area contributed by atoms with E-state index in [9.17, 15) is 14.0 Å². The molecule has 1 fully saturated rings. The van der Waals surface area contributed by atoms with Crippen LogP contribution >= 0.6 is 11.8 Å². The number of aromatic nitrogens is 3. The Morgan fingerprint density at radius 2 is 2.03 bits per heavy atom. The molecule has 1 unspecified atom stereocenters. The highest BCUT2D eigenvalue weighted by Gasteiger charge is 2.22. The molecule has 2 N–H and O–H groups in total. The second-order valence-corrected chi connectivity index (χ2v) is 9.47. The van der Waals surface area contributed by atoms with Crippen molar-refractivity contribution in [3.05, 3.63) is 58.3 Å². The van der Waals surface area contributed by atoms with Gasteiger partial charge in [-0.15, -0.1) is 5.10 Å². The van der Waals surface area contributed by atoms with Gasteiger partial charge in [0.05, 0.1) is 22.7 Å². The molecule has 5 rings (SSSR count). The number of halogens is 1. The molecular formula is C23H25FN6O2S. The second-order valence-electron chi connectivity index (χ2n) is 8.50. The van der Waals surface area contributed by atoms with E-state index in [2.05, 4.69) is 25.7 Å². The lowest BCUT2D eigenvalue weighted by Crippen LogP contribution is -2.31. The minimum Gasteiger partial charge on any atom is -0.323 e. The molecule has 2 aliphatic rings. The fourth-order valence-corrected chi connectivity index (χ4v) is 5.15. The molecule has 3 aromatic rings. The van der Waals surface area contributed by atoms with Crippen molar-refractivity contribution in [2.24, 2.45) is 5.92 Å². The third-order valence-corrected chi connectivity index (χ3v) is 7.11. The molecule has 1 atom stereocenters. The number of carbonyl (C=O) groups is 1. The van der Waals surface area contributed by atoms with Crippen molar-refractivity contribution in [2.45, 2.75) is 24.5 Å². The van der Waals surface area contributed by atoms with E-state index in [-0.39, 0.29) is 17.3 Å². The normalized spacial score (nSPS) is 18.5. The van der Waals surface area contributed by atoms with Gasteiger partial charge >= 0.3 is 0 Å². The van der Waals surface area contributed by atoms with Crippen LogP contribution in [0.25, 0.3) is 10.9 Å². The smallest absolute Gasteiger partial charge is 0.251 e. The van der Waals surface area contributed by atoms with Crippen LogP contribution in [0, 0.1) is 11.7 Å². The zero-order chi connectivity index (χ0) is 22.8. The number of benzene rings is 1. The van der Waals surface area contributed by atoms with Crippen molar-refractivity contribution in [1.82, 2.24) is 25.0 Å². The van der Waals surface area contributed by atoms with Crippen molar-refractivity contribution >= 4 is 34.3 Å². The lowest BCUT2D eigenvalue weighted by Gasteiger charge is -2.18. The van der Waals surface area contributed by atoms with Crippen molar-refractivity contribution in [3.63, 3.8) is 0 Å². The first-order chi connectivity index (χ1) is 16.0. The van der Waals surface area contributed by atoms with Crippen LogP contribution in [0.1, 0.15) is 12.1 Å². The van der Waals surface area contributed by atoms with Gasteiger partial charge in [-0.2, -0.15) is 5.10 Å². The monoisotopic (exact) mass is 468 g/mol. The van der Waals surface area contributed by atoms with Crippen molar-refractivity contribution < 1.29 is 9.18 Å². The quantitative estimate of drug-likeness (QED) is 0.549. The molecule has 8 nitrogen and oxygen atoms in total. The van der Waals surface area contributed by atoms with Crippen LogP contribution in [0.4, 0.5) is 10.1 Å². The maximum Gasteiger partial charge on any atom is 0.251 e. The van der Waals surface area contributed by atoms with Crippen molar-refractivity contribution in [1.29, 1.82) is 0 Å². The predicted molar refractivity (Wildman–Crippen MR) is 126 cm³/mol. The lowest BCUT2D eigenvalue weighted by molar-refractivity contribution is -0.113. The van der Waals surface area contributed by atoms with Crippen LogP contribution in [-0.2, 0) is 17.9 Å². The Labute approximate surface area is 194 Å². The van der Waals surface area contributed by atoms with Gasteiger partial charge in [0.15, 0.2) is 0 Å². The standard InChI is InChI=1S/C23H25FN6O2S/c24-17-3-1-16-2-4-22(32)30(20(16)9-17)8-7-29-6-5-15(13-29)11-25-12-18-10-19-23(28-27-18)33-14-21(31)26-19/h1-4,9-10,15,25H,5-8,11-14H2,(H,26,31). The van der Waals surface area contributed by atoms with E-state index in [0.29, 0.717) is 30.3 Å². The summed E-state index contributed by atoms with van der Waals surface area (Å²) in [5.41, 5.74) is 2.07. The maximum absolute atomic E-state index is 13.7. The highest BCUT2D eigenvalue weighted by atomic mass is 32.2. The third kappa shape index (κ3) is 5.07. The Bertz CT molecular complexity index is 1250. The maximum atomic E-state index is 13.7. The Kier molecular flexibility index (Phi) is 6.39. The largest absolute Gasteiger partial charge is 0.323 e. The van der Waals surface area contributed by atoms with Gasteiger partial charge in [0.2, 0.25) is 5.91 Å². The van der Waals surface area contributed by atoms with Gasteiger partial charge in [-0.1, -0.05) is 11.8 Å². The number of anilines is 1. The summed E-state index contributed by atoms with van der Waals surface area (Å²) < 4.78 is 15.4. The minimum absolute atomic E-state index is 0.0126. The second kappa shape index (κ2) is 9.58. The van der Waals surface area contributed by atoms with Gasteiger partial charge in [-0.25, -0.2) is 4.39 Å². The zero-order valence-electron chi connectivity index (χ0n) is 18.1. The number of carbonyl (C=O) groups excluding carboxylic acids is 1. The molecule has 33 heavy (non-hydrogen) atoms. The summed E-state index contributed by atoms with van der Waals surface area (Å²) in [4.78, 5) is 26.3. The zero-order valence-corrected chi connectivity index (χ0v) is 18.9. The van der Waals surface area contributed by atoms with Crippen LogP contribution in [0.3, 0.4) is 0 Å². The van der Waals surface area contributed by atoms with Gasteiger partial charge < -0.3 is 20.1 Å². The SMILES string of the molecule is O=C1CSc2nnc(CNCC3CCN(CCn4c(=O)ccc5ccc(F)cc54)C3)cc2N1. The first-order valence-corrected chi connectivity index (χ1v) is 12.0.